The van der Waals surface area contributed by atoms with E-state index in [1.54, 1.807) is 18.1 Å². The number of halogens is 3. The van der Waals surface area contributed by atoms with Crippen molar-refractivity contribution in [1.29, 1.82) is 5.26 Å². The summed E-state index contributed by atoms with van der Waals surface area (Å²) < 4.78 is 46.5. The van der Waals surface area contributed by atoms with Gasteiger partial charge in [-0.3, -0.25) is 4.90 Å². The number of nitrogens with one attached hydrogen (secondary N) is 1. The lowest BCUT2D eigenvalue weighted by Gasteiger charge is -2.57. The molecule has 1 unspecified atom stereocenters. The van der Waals surface area contributed by atoms with Crippen molar-refractivity contribution < 1.29 is 52.0 Å². The highest BCUT2D eigenvalue weighted by Gasteiger charge is 2.57. The smallest absolute Gasteiger partial charge is 0.411 e. The van der Waals surface area contributed by atoms with Crippen molar-refractivity contribution in [2.45, 2.75) is 93.2 Å². The quantitative estimate of drug-likeness (QED) is 0.0461. The molecule has 2 bridgehead atoms. The summed E-state index contributed by atoms with van der Waals surface area (Å²) in [6, 6.07) is -0.543. The van der Waals surface area contributed by atoms with Gasteiger partial charge in [-0.15, -0.1) is 0 Å². The predicted molar refractivity (Wildman–Crippen MR) is 247 cm³/mol. The Hall–Kier alpha value is -4.60. The average Bonchev–Trinajstić information content (AvgIpc) is 3.72. The zero-order valence-electron chi connectivity index (χ0n) is 37.0. The fourth-order valence-electron chi connectivity index (χ4n) is 8.30. The number of fused-ring (bicyclic) bond motifs is 9. The van der Waals surface area contributed by atoms with Crippen LogP contribution in [0.4, 0.5) is 9.59 Å². The standard InChI is InChI=1S/C44H53Cl3N4O11SSi/c1-11-13-56-36-24(4)38-39(61-22-60-38)34-26(36)17-29-35-33-23(3)37(55-8)32(62-64(9,10)43(5,6)7)16-25(33)15-28(51(35)42(54)57-14-12-2)30(18-48)50(29)31(34)19-58-40(52)27(20-63)49-41(53)59-21-44(45,46)47/h11-12,16-17,27-28,30-31,35,63H,1-2,13-15,19-22H2,3-10H3,(H,49,53)/t27-,28-,30?,31-,35-/m0/s1. The van der Waals surface area contributed by atoms with Gasteiger partial charge in [0, 0.05) is 33.7 Å². The molecule has 1 saturated heterocycles. The molecule has 6 rings (SSSR count). The number of amides is 2. The second kappa shape index (κ2) is 19.1. The van der Waals surface area contributed by atoms with E-state index in [1.807, 2.05) is 30.9 Å². The third-order valence-corrected chi connectivity index (χ3v) is 17.2. The first-order valence-corrected chi connectivity index (χ1v) is 25.1. The number of benzene rings is 2. The predicted octanol–water partition coefficient (Wildman–Crippen LogP) is 8.82. The van der Waals surface area contributed by atoms with E-state index in [1.165, 1.54) is 6.08 Å². The fraction of sp³-hybridized carbons (Fsp3) is 0.500. The van der Waals surface area contributed by atoms with E-state index < -0.39 is 67.1 Å². The molecule has 0 saturated carbocycles. The van der Waals surface area contributed by atoms with E-state index in [-0.39, 0.29) is 43.8 Å². The summed E-state index contributed by atoms with van der Waals surface area (Å²) in [5, 5.41) is 13.6. The molecule has 2 amide bonds. The Balaban J connectivity index is 1.57. The van der Waals surface area contributed by atoms with Crippen LogP contribution in [0, 0.1) is 25.2 Å². The van der Waals surface area contributed by atoms with Crippen LogP contribution in [0.25, 0.3) is 6.08 Å². The maximum atomic E-state index is 14.4. The maximum absolute atomic E-state index is 14.4. The van der Waals surface area contributed by atoms with Crippen molar-refractivity contribution in [1.82, 2.24) is 15.1 Å². The van der Waals surface area contributed by atoms with Crippen LogP contribution in [-0.4, -0.2) is 104 Å². The zero-order chi connectivity index (χ0) is 47.1. The highest BCUT2D eigenvalue weighted by atomic mass is 35.6. The molecule has 15 nitrogen and oxygen atoms in total. The lowest BCUT2D eigenvalue weighted by molar-refractivity contribution is -0.147. The van der Waals surface area contributed by atoms with Crippen molar-refractivity contribution in [3.05, 3.63) is 70.5 Å². The number of hydrogen-bond donors (Lipinski definition) is 2. The summed E-state index contributed by atoms with van der Waals surface area (Å²) in [4.78, 5) is 44.4. The first-order chi connectivity index (χ1) is 30.1. The number of nitriles is 1. The molecule has 0 radical (unpaired) electrons. The lowest BCUT2D eigenvalue weighted by Crippen LogP contribution is -2.64. The van der Waals surface area contributed by atoms with Crippen molar-refractivity contribution in [3.63, 3.8) is 0 Å². The van der Waals surface area contributed by atoms with Gasteiger partial charge >= 0.3 is 18.2 Å². The van der Waals surface area contributed by atoms with Crippen LogP contribution in [0.3, 0.4) is 0 Å². The van der Waals surface area contributed by atoms with Gasteiger partial charge in [0.05, 0.1) is 25.3 Å². The van der Waals surface area contributed by atoms with Crippen LogP contribution in [0.5, 0.6) is 28.7 Å². The Morgan fingerprint density at radius 3 is 2.34 bits per heavy atom. The number of hydrogen-bond acceptors (Lipinski definition) is 14. The molecule has 4 heterocycles. The molecule has 0 spiro atoms. The number of carbonyl (C=O) groups is 3. The van der Waals surface area contributed by atoms with E-state index in [0.717, 1.165) is 16.7 Å². The molecule has 5 atom stereocenters. The van der Waals surface area contributed by atoms with Crippen LogP contribution in [0.1, 0.15) is 66.2 Å². The monoisotopic (exact) mass is 978 g/mol. The summed E-state index contributed by atoms with van der Waals surface area (Å²) in [5.74, 6) is 1.24. The SMILES string of the molecule is C=CCOC(=O)N1[C@H]2C3=Cc4c(OCC=C)c(C)c5c(c4[C@H](COC(=O)[C@H](CS)NC(=O)OCC(Cl)(Cl)Cl)N3C(C#N)[C@@H]1Cc1cc(O[Si](C)(C)C(C)(C)C)c(OC)c(C)c12)OCO5. The molecule has 4 aliphatic heterocycles. The molecule has 20 heteroatoms. The minimum Gasteiger partial charge on any atom is -0.541 e. The number of piperazine rings is 1. The maximum Gasteiger partial charge on any atom is 0.411 e. The topological polar surface area (TPSA) is 167 Å². The van der Waals surface area contributed by atoms with Crippen LogP contribution in [-0.2, 0) is 25.4 Å². The second-order valence-electron chi connectivity index (χ2n) is 17.1. The summed E-state index contributed by atoms with van der Waals surface area (Å²) in [6.45, 7) is 21.1. The molecule has 1 fully saturated rings. The fourth-order valence-corrected chi connectivity index (χ4v) is 9.72. The number of rotatable bonds is 14. The van der Waals surface area contributed by atoms with Gasteiger partial charge in [0.1, 0.15) is 56.1 Å². The Morgan fingerprint density at radius 1 is 1.05 bits per heavy atom. The molecule has 64 heavy (non-hydrogen) atoms. The molecule has 346 valence electrons. The van der Waals surface area contributed by atoms with Crippen LogP contribution >= 0.6 is 47.4 Å². The molecule has 2 aromatic rings. The van der Waals surface area contributed by atoms with Gasteiger partial charge in [0.15, 0.2) is 17.2 Å². The minimum absolute atomic E-state index is 0.0782. The number of methoxy groups -OCH3 is 1. The molecule has 0 aromatic heterocycles. The average molecular weight is 980 g/mol. The normalized spacial score (nSPS) is 20.0. The molecule has 1 N–H and O–H groups in total. The van der Waals surface area contributed by atoms with Crippen molar-refractivity contribution in [2.24, 2.45) is 0 Å². The Morgan fingerprint density at radius 2 is 1.73 bits per heavy atom. The number of alkyl carbamates (subject to hydrolysis) is 1. The Bertz CT molecular complexity index is 2290. The van der Waals surface area contributed by atoms with Crippen molar-refractivity contribution in [3.8, 4) is 34.8 Å². The van der Waals surface area contributed by atoms with Crippen LogP contribution in [0.15, 0.2) is 37.1 Å². The number of esters is 1. The first kappa shape index (κ1) is 48.8. The Kier molecular flexibility index (Phi) is 14.6. The molecule has 2 aromatic carbocycles. The number of ether oxygens (including phenoxy) is 7. The van der Waals surface area contributed by atoms with Gasteiger partial charge in [0.25, 0.3) is 8.32 Å². The second-order valence-corrected chi connectivity index (χ2v) is 24.7. The van der Waals surface area contributed by atoms with E-state index >= 15 is 0 Å². The number of alkyl halides is 3. The largest absolute Gasteiger partial charge is 0.541 e. The van der Waals surface area contributed by atoms with Crippen LogP contribution < -0.4 is 28.7 Å². The molecular formula is C44H53Cl3N4O11SSi. The third kappa shape index (κ3) is 9.26. The summed E-state index contributed by atoms with van der Waals surface area (Å²) in [7, 11) is -0.817. The third-order valence-electron chi connectivity index (χ3n) is 12.1. The molecule has 4 aliphatic rings. The van der Waals surface area contributed by atoms with Gasteiger partial charge in [-0.05, 0) is 61.7 Å². The highest BCUT2D eigenvalue weighted by molar-refractivity contribution is 7.80. The van der Waals surface area contributed by atoms with E-state index in [9.17, 15) is 19.6 Å². The van der Waals surface area contributed by atoms with Crippen LogP contribution in [0.2, 0.25) is 18.1 Å². The molecular weight excluding hydrogens is 927 g/mol. The Labute approximate surface area is 394 Å². The summed E-state index contributed by atoms with van der Waals surface area (Å²) in [6.07, 6.45) is 3.46. The summed E-state index contributed by atoms with van der Waals surface area (Å²) >= 11 is 21.5. The van der Waals surface area contributed by atoms with Gasteiger partial charge in [-0.1, -0.05) is 80.9 Å². The molecule has 0 aliphatic carbocycles. The van der Waals surface area contributed by atoms with E-state index in [4.69, 9.17) is 72.4 Å². The number of thiol groups is 1. The van der Waals surface area contributed by atoms with Gasteiger partial charge in [-0.25, -0.2) is 14.4 Å². The van der Waals surface area contributed by atoms with Gasteiger partial charge in [0.2, 0.25) is 10.6 Å². The van der Waals surface area contributed by atoms with E-state index in [0.29, 0.717) is 51.1 Å². The summed E-state index contributed by atoms with van der Waals surface area (Å²) in [5.41, 5.74) is 4.51. The zero-order valence-corrected chi connectivity index (χ0v) is 41.1. The van der Waals surface area contributed by atoms with Crippen molar-refractivity contribution >= 4 is 80.0 Å². The first-order valence-electron chi connectivity index (χ1n) is 20.5. The number of nitrogens with zero attached hydrogens (tertiary/aromatic N) is 3. The minimum atomic E-state index is -2.40. The number of carbonyl (C=O) groups excluding carboxylic acids is 3. The van der Waals surface area contributed by atoms with Gasteiger partial charge < -0.3 is 47.8 Å². The van der Waals surface area contributed by atoms with Gasteiger partial charge in [-0.2, -0.15) is 17.9 Å². The van der Waals surface area contributed by atoms with E-state index in [2.05, 4.69) is 71.0 Å². The van der Waals surface area contributed by atoms with Crippen molar-refractivity contribution in [2.75, 3.05) is 46.1 Å². The highest BCUT2D eigenvalue weighted by Crippen LogP contribution is 2.59. The lowest BCUT2D eigenvalue weighted by atomic mass is 9.75.